The summed E-state index contributed by atoms with van der Waals surface area (Å²) in [6.07, 6.45) is -12.7. The second kappa shape index (κ2) is 11.3. The Bertz CT molecular complexity index is 1100. The summed E-state index contributed by atoms with van der Waals surface area (Å²) in [7, 11) is 0. The molecule has 0 unspecified atom stereocenters. The van der Waals surface area contributed by atoms with E-state index in [1.807, 2.05) is 6.92 Å². The third-order valence-corrected chi connectivity index (χ3v) is 4.26. The summed E-state index contributed by atoms with van der Waals surface area (Å²) in [6, 6.07) is 0. The minimum Gasteiger partial charge on any atom is -0.290 e. The number of halogens is 17. The maximum absolute atomic E-state index is 13.9. The summed E-state index contributed by atoms with van der Waals surface area (Å²) in [5.41, 5.74) is -14.2. The highest BCUT2D eigenvalue weighted by atomic mass is 19.4. The third-order valence-electron chi connectivity index (χ3n) is 4.26. The Morgan fingerprint density at radius 3 is 1.24 bits per heavy atom. The highest BCUT2D eigenvalue weighted by Gasteiger charge is 2.63. The van der Waals surface area contributed by atoms with Crippen LogP contribution in [0.1, 0.15) is 24.5 Å². The summed E-state index contributed by atoms with van der Waals surface area (Å²) < 4.78 is 225. The first-order valence-electron chi connectivity index (χ1n) is 9.21. The fraction of sp³-hybridized carbons (Fsp3) is 0.368. The van der Waals surface area contributed by atoms with Crippen LogP contribution in [0.2, 0.25) is 0 Å². The Labute approximate surface area is 194 Å². The van der Waals surface area contributed by atoms with E-state index in [2.05, 4.69) is 5.32 Å². The molecule has 0 amide bonds. The molecule has 37 heavy (non-hydrogen) atoms. The molecule has 2 aromatic rings. The predicted molar refractivity (Wildman–Crippen MR) is 90.8 cm³/mol. The lowest BCUT2D eigenvalue weighted by Crippen LogP contribution is -2.36. The van der Waals surface area contributed by atoms with Crippen molar-refractivity contribution in [1.82, 2.24) is 5.32 Å². The summed E-state index contributed by atoms with van der Waals surface area (Å²) in [6.45, 7) is 2.40. The summed E-state index contributed by atoms with van der Waals surface area (Å²) in [5, 5.41) is 2.53. The first-order chi connectivity index (χ1) is 16.7. The average molecular weight is 575 g/mol. The van der Waals surface area contributed by atoms with E-state index in [1.54, 1.807) is 0 Å². The first-order valence-corrected chi connectivity index (χ1v) is 9.21. The molecule has 0 saturated carbocycles. The smallest absolute Gasteiger partial charge is 0.290 e. The molecular weight excluding hydrogens is 565 g/mol. The molecule has 18 heteroatoms. The SMILES string of the molecule is CCCNCF.Fc1c(F)c(F)c(-c2c(C(F)(F)F)c(F)c(F)c(F)c2C(F)(F)C(F)(F)F)c(F)c1F. The molecule has 0 spiro atoms. The van der Waals surface area contributed by atoms with Gasteiger partial charge in [-0.2, -0.15) is 35.1 Å². The van der Waals surface area contributed by atoms with Crippen LogP contribution in [0.4, 0.5) is 74.6 Å². The van der Waals surface area contributed by atoms with Crippen molar-refractivity contribution in [2.45, 2.75) is 31.6 Å². The van der Waals surface area contributed by atoms with E-state index in [0.717, 1.165) is 13.0 Å². The van der Waals surface area contributed by atoms with Gasteiger partial charge < -0.3 is 0 Å². The van der Waals surface area contributed by atoms with Crippen molar-refractivity contribution < 1.29 is 74.6 Å². The molecule has 0 aliphatic carbocycles. The van der Waals surface area contributed by atoms with Crippen molar-refractivity contribution in [2.24, 2.45) is 0 Å². The second-order valence-electron chi connectivity index (χ2n) is 6.72. The van der Waals surface area contributed by atoms with Crippen LogP contribution in [0, 0.1) is 46.5 Å². The van der Waals surface area contributed by atoms with Gasteiger partial charge in [-0.15, -0.1) is 0 Å². The number of hydrogen-bond acceptors (Lipinski definition) is 1. The first kappa shape index (κ1) is 32.2. The van der Waals surface area contributed by atoms with Crippen LogP contribution in [0.25, 0.3) is 11.1 Å². The van der Waals surface area contributed by atoms with Crippen molar-refractivity contribution in [3.63, 3.8) is 0 Å². The molecule has 0 saturated heterocycles. The fourth-order valence-electron chi connectivity index (χ4n) is 2.68. The van der Waals surface area contributed by atoms with Gasteiger partial charge in [-0.1, -0.05) is 6.92 Å². The summed E-state index contributed by atoms with van der Waals surface area (Å²) in [5.74, 6) is -34.1. The van der Waals surface area contributed by atoms with E-state index in [1.165, 1.54) is 0 Å². The zero-order valence-corrected chi connectivity index (χ0v) is 17.5. The number of nitrogens with one attached hydrogen (secondary N) is 1. The van der Waals surface area contributed by atoms with Gasteiger partial charge in [0.25, 0.3) is 0 Å². The van der Waals surface area contributed by atoms with Crippen LogP contribution in [-0.2, 0) is 12.1 Å². The van der Waals surface area contributed by atoms with Crippen LogP contribution in [0.5, 0.6) is 0 Å². The Morgan fingerprint density at radius 2 is 0.919 bits per heavy atom. The molecule has 1 nitrogen and oxygen atoms in total. The Morgan fingerprint density at radius 1 is 0.541 bits per heavy atom. The highest BCUT2D eigenvalue weighted by Crippen LogP contribution is 2.53. The molecule has 0 fully saturated rings. The number of rotatable bonds is 5. The lowest BCUT2D eigenvalue weighted by molar-refractivity contribution is -0.290. The highest BCUT2D eigenvalue weighted by molar-refractivity contribution is 5.75. The normalized spacial score (nSPS) is 12.5. The van der Waals surface area contributed by atoms with Gasteiger partial charge in [0.1, 0.15) is 12.4 Å². The van der Waals surface area contributed by atoms with Crippen LogP contribution < -0.4 is 5.32 Å². The molecule has 0 heterocycles. The van der Waals surface area contributed by atoms with Crippen LogP contribution in [0.15, 0.2) is 0 Å². The number of hydrogen-bond donors (Lipinski definition) is 1. The topological polar surface area (TPSA) is 12.0 Å². The van der Waals surface area contributed by atoms with E-state index in [9.17, 15) is 74.6 Å². The van der Waals surface area contributed by atoms with E-state index >= 15 is 0 Å². The third kappa shape index (κ3) is 6.04. The Balaban J connectivity index is 0.00000102. The quantitative estimate of drug-likeness (QED) is 0.125. The monoisotopic (exact) mass is 575 g/mol. The Kier molecular flexibility index (Phi) is 9.85. The molecule has 210 valence electrons. The minimum absolute atomic E-state index is 0.395. The van der Waals surface area contributed by atoms with E-state index in [0.29, 0.717) is 0 Å². The van der Waals surface area contributed by atoms with Gasteiger partial charge in [0.2, 0.25) is 5.82 Å². The second-order valence-corrected chi connectivity index (χ2v) is 6.72. The summed E-state index contributed by atoms with van der Waals surface area (Å²) >= 11 is 0. The van der Waals surface area contributed by atoms with Gasteiger partial charge in [-0.25, -0.2) is 39.5 Å². The molecule has 2 rings (SSSR count). The standard InChI is InChI=1S/C15F16.C4H10FN/c16-5-2(6(17)10(21)12(23)9(5)20)1-3(13(24,25)15(29,30)31)7(18)11(22)8(19)4(1)14(26,27)28;1-2-3-6-4-5/h;6H,2-4H2,1H3. The molecule has 0 bridgehead atoms. The van der Waals surface area contributed by atoms with Gasteiger partial charge in [-0.3, -0.25) is 5.32 Å². The lowest BCUT2D eigenvalue weighted by Gasteiger charge is -2.26. The van der Waals surface area contributed by atoms with Crippen LogP contribution in [0.3, 0.4) is 0 Å². The maximum atomic E-state index is 13.9. The van der Waals surface area contributed by atoms with Crippen molar-refractivity contribution >= 4 is 0 Å². The van der Waals surface area contributed by atoms with Gasteiger partial charge in [0, 0.05) is 5.56 Å². The fourth-order valence-corrected chi connectivity index (χ4v) is 2.68. The molecular formula is C19H10F17N. The van der Waals surface area contributed by atoms with Crippen molar-refractivity contribution in [2.75, 3.05) is 13.3 Å². The molecule has 0 aliphatic heterocycles. The predicted octanol–water partition coefficient (Wildman–Crippen LogP) is 8.05. The van der Waals surface area contributed by atoms with Gasteiger partial charge in [-0.05, 0) is 13.0 Å². The Hall–Kier alpha value is -2.79. The van der Waals surface area contributed by atoms with Crippen molar-refractivity contribution in [1.29, 1.82) is 0 Å². The molecule has 0 aliphatic rings. The average Bonchev–Trinajstić information content (AvgIpc) is 2.77. The molecule has 1 N–H and O–H groups in total. The molecule has 0 radical (unpaired) electrons. The van der Waals surface area contributed by atoms with E-state index < -0.39 is 93.9 Å². The number of alkyl halides is 9. The van der Waals surface area contributed by atoms with Crippen LogP contribution in [-0.4, -0.2) is 19.5 Å². The zero-order valence-electron chi connectivity index (χ0n) is 17.5. The van der Waals surface area contributed by atoms with Gasteiger partial charge in [0.05, 0.1) is 11.1 Å². The van der Waals surface area contributed by atoms with Gasteiger partial charge in [0.15, 0.2) is 40.7 Å². The van der Waals surface area contributed by atoms with E-state index in [4.69, 9.17) is 0 Å². The molecule has 0 aromatic heterocycles. The zero-order chi connectivity index (χ0) is 29.3. The largest absolute Gasteiger partial charge is 0.458 e. The van der Waals surface area contributed by atoms with Gasteiger partial charge >= 0.3 is 18.3 Å². The minimum atomic E-state index is -7.10. The number of benzene rings is 2. The maximum Gasteiger partial charge on any atom is 0.458 e. The summed E-state index contributed by atoms with van der Waals surface area (Å²) in [4.78, 5) is 0. The van der Waals surface area contributed by atoms with Crippen LogP contribution >= 0.6 is 0 Å². The lowest BCUT2D eigenvalue weighted by atomic mass is 9.88. The van der Waals surface area contributed by atoms with E-state index in [-0.39, 0.29) is 0 Å². The molecule has 2 aromatic carbocycles. The van der Waals surface area contributed by atoms with Crippen molar-refractivity contribution in [3.8, 4) is 11.1 Å². The van der Waals surface area contributed by atoms with Crippen molar-refractivity contribution in [3.05, 3.63) is 57.7 Å². The molecule has 0 atom stereocenters.